The lowest BCUT2D eigenvalue weighted by molar-refractivity contribution is -0.140. The predicted molar refractivity (Wildman–Crippen MR) is 112 cm³/mol. The Labute approximate surface area is 195 Å². The van der Waals surface area contributed by atoms with Crippen LogP contribution in [0, 0.1) is 11.6 Å². The molecule has 13 heteroatoms. The number of likely N-dealkylation sites (N-methyl/N-ethyl adjacent to an activating group) is 1. The van der Waals surface area contributed by atoms with E-state index in [1.54, 1.807) is 0 Å². The first-order valence-electron chi connectivity index (χ1n) is 10.1. The molecule has 2 aromatic rings. The Morgan fingerprint density at radius 2 is 2.03 bits per heavy atom. The molecule has 0 saturated carbocycles. The molecular formula is C21H18ClF5N4O3. The lowest BCUT2D eigenvalue weighted by atomic mass is 9.94. The zero-order valence-corrected chi connectivity index (χ0v) is 18.6. The van der Waals surface area contributed by atoms with Crippen molar-refractivity contribution in [3.8, 4) is 0 Å². The summed E-state index contributed by atoms with van der Waals surface area (Å²) < 4.78 is 69.5. The quantitative estimate of drug-likeness (QED) is 0.492. The van der Waals surface area contributed by atoms with Crippen molar-refractivity contribution >= 4 is 35.0 Å². The van der Waals surface area contributed by atoms with Crippen LogP contribution >= 0.6 is 11.6 Å². The van der Waals surface area contributed by atoms with Crippen LogP contribution < -0.4 is 15.1 Å². The van der Waals surface area contributed by atoms with Crippen molar-refractivity contribution in [1.29, 1.82) is 0 Å². The first-order valence-corrected chi connectivity index (χ1v) is 10.4. The first kappa shape index (κ1) is 24.1. The number of aryl methyl sites for hydroxylation is 1. The number of amides is 3. The summed E-state index contributed by atoms with van der Waals surface area (Å²) in [7, 11) is 1.16. The highest BCUT2D eigenvalue weighted by Gasteiger charge is 2.47. The molecule has 2 heterocycles. The second kappa shape index (κ2) is 8.05. The third-order valence-corrected chi connectivity index (χ3v) is 6.34. The number of rotatable bonds is 3. The van der Waals surface area contributed by atoms with E-state index in [0.717, 1.165) is 29.0 Å². The first-order chi connectivity index (χ1) is 15.7. The molecule has 1 saturated heterocycles. The third kappa shape index (κ3) is 3.84. The Morgan fingerprint density at radius 3 is 2.68 bits per heavy atom. The number of aromatic nitrogens is 1. The number of hydrogen-bond donors (Lipinski definition) is 2. The van der Waals surface area contributed by atoms with Gasteiger partial charge in [0.25, 0.3) is 5.91 Å². The summed E-state index contributed by atoms with van der Waals surface area (Å²) in [5, 5.41) is 12.0. The molecule has 1 aromatic heterocycles. The molecule has 182 valence electrons. The summed E-state index contributed by atoms with van der Waals surface area (Å²) >= 11 is 5.57. The molecule has 0 bridgehead atoms. The minimum atomic E-state index is -4.86. The van der Waals surface area contributed by atoms with Gasteiger partial charge in [-0.15, -0.1) is 0 Å². The average molecular weight is 505 g/mol. The Hall–Kier alpha value is -2.99. The number of urea groups is 1. The van der Waals surface area contributed by atoms with Gasteiger partial charge in [0.15, 0.2) is 5.82 Å². The third-order valence-electron chi connectivity index (χ3n) is 5.99. The van der Waals surface area contributed by atoms with Crippen molar-refractivity contribution < 1.29 is 36.6 Å². The molecule has 34 heavy (non-hydrogen) atoms. The molecule has 1 aromatic carbocycles. The molecule has 0 unspecified atom stereocenters. The molecule has 2 N–H and O–H groups in total. The normalized spacial score (nSPS) is 22.1. The molecule has 3 amide bonds. The van der Waals surface area contributed by atoms with Gasteiger partial charge in [-0.1, -0.05) is 11.6 Å². The van der Waals surface area contributed by atoms with E-state index >= 15 is 0 Å². The van der Waals surface area contributed by atoms with E-state index in [9.17, 15) is 36.6 Å². The number of halogens is 6. The van der Waals surface area contributed by atoms with E-state index in [0.29, 0.717) is 6.07 Å². The van der Waals surface area contributed by atoms with Gasteiger partial charge in [-0.05, 0) is 38.0 Å². The van der Waals surface area contributed by atoms with Crippen LogP contribution in [0.3, 0.4) is 0 Å². The van der Waals surface area contributed by atoms with Crippen LogP contribution in [0.5, 0.6) is 0 Å². The smallest absolute Gasteiger partial charge is 0.385 e. The standard InChI is InChI=1S/C21H18ClF5N4O3/c1-20(34)6-5-11-15(20)9(21(25,26)27)7-14(29-11)31-13(8-28-19(31)33)18(32)30(2)12-4-3-10(23)16(22)17(12)24/h3-4,7,13,34H,5-6,8H2,1-2H3,(H,28,33)/t13-,20+/m0/s1. The van der Waals surface area contributed by atoms with Crippen LogP contribution in [0.25, 0.3) is 0 Å². The number of benzene rings is 1. The van der Waals surface area contributed by atoms with Gasteiger partial charge in [-0.2, -0.15) is 13.2 Å². The Kier molecular flexibility index (Phi) is 5.72. The Balaban J connectivity index is 1.76. The van der Waals surface area contributed by atoms with Gasteiger partial charge in [-0.3, -0.25) is 9.69 Å². The SMILES string of the molecule is CN(C(=O)[C@@H]1CNC(=O)N1c1cc(C(F)(F)F)c2c(n1)CC[C@@]2(C)O)c1ccc(F)c(Cl)c1F. The van der Waals surface area contributed by atoms with E-state index in [-0.39, 0.29) is 36.3 Å². The molecule has 1 aliphatic carbocycles. The minimum Gasteiger partial charge on any atom is -0.385 e. The van der Waals surface area contributed by atoms with Crippen molar-refractivity contribution in [2.75, 3.05) is 23.4 Å². The molecule has 2 atom stereocenters. The van der Waals surface area contributed by atoms with Crippen molar-refractivity contribution in [3.05, 3.63) is 51.7 Å². The van der Waals surface area contributed by atoms with Crippen molar-refractivity contribution in [3.63, 3.8) is 0 Å². The Bertz CT molecular complexity index is 1200. The monoisotopic (exact) mass is 504 g/mol. The second-order valence-corrected chi connectivity index (χ2v) is 8.66. The maximum Gasteiger partial charge on any atom is 0.416 e. The largest absolute Gasteiger partial charge is 0.416 e. The number of nitrogens with zero attached hydrogens (tertiary/aromatic N) is 3. The van der Waals surface area contributed by atoms with E-state index in [2.05, 4.69) is 10.3 Å². The summed E-state index contributed by atoms with van der Waals surface area (Å²) in [4.78, 5) is 31.4. The van der Waals surface area contributed by atoms with Gasteiger partial charge in [0.1, 0.15) is 22.7 Å². The van der Waals surface area contributed by atoms with Crippen molar-refractivity contribution in [2.24, 2.45) is 0 Å². The molecule has 1 fully saturated rings. The fourth-order valence-electron chi connectivity index (χ4n) is 4.28. The predicted octanol–water partition coefficient (Wildman–Crippen LogP) is 3.75. The van der Waals surface area contributed by atoms with Crippen LogP contribution in [0.15, 0.2) is 18.2 Å². The molecule has 7 nitrogen and oxygen atoms in total. The highest BCUT2D eigenvalue weighted by Crippen LogP contribution is 2.45. The number of pyridine rings is 1. The maximum absolute atomic E-state index is 14.4. The van der Waals surface area contributed by atoms with Gasteiger partial charge >= 0.3 is 12.2 Å². The zero-order chi connectivity index (χ0) is 25.2. The number of carbonyl (C=O) groups excluding carboxylic acids is 2. The second-order valence-electron chi connectivity index (χ2n) is 8.28. The highest BCUT2D eigenvalue weighted by molar-refractivity contribution is 6.31. The molecule has 1 aliphatic heterocycles. The lowest BCUT2D eigenvalue weighted by Gasteiger charge is -2.28. The topological polar surface area (TPSA) is 85.8 Å². The molecule has 2 aliphatic rings. The number of hydrogen-bond acceptors (Lipinski definition) is 4. The molecule has 0 spiro atoms. The zero-order valence-electron chi connectivity index (χ0n) is 17.8. The number of carbonyl (C=O) groups is 2. The minimum absolute atomic E-state index is 0.00373. The summed E-state index contributed by atoms with van der Waals surface area (Å²) in [5.41, 5.74) is -3.71. The van der Waals surface area contributed by atoms with Crippen molar-refractivity contribution in [2.45, 2.75) is 37.6 Å². The number of fused-ring (bicyclic) bond motifs is 1. The lowest BCUT2D eigenvalue weighted by Crippen LogP contribution is -2.47. The van der Waals surface area contributed by atoms with Gasteiger partial charge in [-0.25, -0.2) is 18.6 Å². The van der Waals surface area contributed by atoms with E-state index in [1.807, 2.05) is 0 Å². The number of alkyl halides is 3. The summed E-state index contributed by atoms with van der Waals surface area (Å²) in [5.74, 6) is -3.56. The van der Waals surface area contributed by atoms with E-state index in [1.165, 1.54) is 6.92 Å². The fraction of sp³-hybridized carbons (Fsp3) is 0.381. The van der Waals surface area contributed by atoms with Crippen LogP contribution in [-0.2, 0) is 23.0 Å². The van der Waals surface area contributed by atoms with Gasteiger partial charge in [0.2, 0.25) is 0 Å². The number of anilines is 2. The summed E-state index contributed by atoms with van der Waals surface area (Å²) in [6.07, 6.45) is -4.83. The van der Waals surface area contributed by atoms with Crippen LogP contribution in [0.2, 0.25) is 5.02 Å². The molecular weight excluding hydrogens is 487 g/mol. The van der Waals surface area contributed by atoms with Gasteiger partial charge in [0, 0.05) is 24.8 Å². The summed E-state index contributed by atoms with van der Waals surface area (Å²) in [6, 6.07) is 0.174. The fourth-order valence-corrected chi connectivity index (χ4v) is 4.44. The van der Waals surface area contributed by atoms with Crippen LogP contribution in [0.1, 0.15) is 30.2 Å². The van der Waals surface area contributed by atoms with Crippen molar-refractivity contribution in [1.82, 2.24) is 10.3 Å². The number of nitrogens with one attached hydrogen (secondary N) is 1. The van der Waals surface area contributed by atoms with Gasteiger partial charge in [0.05, 0.1) is 16.9 Å². The molecule has 0 radical (unpaired) electrons. The number of aliphatic hydroxyl groups is 1. The summed E-state index contributed by atoms with van der Waals surface area (Å²) in [6.45, 7) is 0.956. The molecule has 4 rings (SSSR count). The van der Waals surface area contributed by atoms with Crippen LogP contribution in [-0.4, -0.2) is 41.7 Å². The maximum atomic E-state index is 14.4. The van der Waals surface area contributed by atoms with E-state index in [4.69, 9.17) is 11.6 Å². The van der Waals surface area contributed by atoms with Crippen LogP contribution in [0.4, 0.5) is 38.3 Å². The Morgan fingerprint density at radius 1 is 1.35 bits per heavy atom. The van der Waals surface area contributed by atoms with Gasteiger partial charge < -0.3 is 15.3 Å². The average Bonchev–Trinajstić information content (AvgIpc) is 3.29. The van der Waals surface area contributed by atoms with E-state index < -0.39 is 57.8 Å². The highest BCUT2D eigenvalue weighted by atomic mass is 35.5.